The second-order valence-corrected chi connectivity index (χ2v) is 5.60. The molecule has 1 rings (SSSR count). The molecule has 104 valence electrons. The molecule has 0 atom stereocenters. The number of hydrogen-bond donors (Lipinski definition) is 1. The molecule has 0 spiro atoms. The van der Waals surface area contributed by atoms with Crippen LogP contribution in [0.1, 0.15) is 19.4 Å². The van der Waals surface area contributed by atoms with E-state index in [1.165, 1.54) is 0 Å². The first kappa shape index (κ1) is 16.3. The Labute approximate surface area is 130 Å². The number of likely N-dealkylation sites (N-methyl/N-ethyl adjacent to an activating group) is 1. The summed E-state index contributed by atoms with van der Waals surface area (Å²) in [6.07, 6.45) is 0. The Balaban J connectivity index is 2.60. The molecule has 0 saturated heterocycles. The van der Waals surface area contributed by atoms with E-state index in [4.69, 9.17) is 35.4 Å². The van der Waals surface area contributed by atoms with Crippen molar-refractivity contribution in [1.29, 1.82) is 0 Å². The van der Waals surface area contributed by atoms with Gasteiger partial charge in [-0.2, -0.15) is 0 Å². The molecule has 0 aliphatic rings. The zero-order valence-corrected chi connectivity index (χ0v) is 13.5. The van der Waals surface area contributed by atoms with Gasteiger partial charge >= 0.3 is 0 Å². The lowest BCUT2D eigenvalue weighted by atomic mass is 10.2. The lowest BCUT2D eigenvalue weighted by molar-refractivity contribution is 0.467. The zero-order chi connectivity index (χ0) is 14.4. The van der Waals surface area contributed by atoms with Crippen LogP contribution in [0.3, 0.4) is 0 Å². The van der Waals surface area contributed by atoms with Crippen LogP contribution in [0.2, 0.25) is 10.0 Å². The molecule has 5 heteroatoms. The summed E-state index contributed by atoms with van der Waals surface area (Å²) in [6.45, 7) is 10.1. The van der Waals surface area contributed by atoms with Crippen LogP contribution in [-0.2, 0) is 6.54 Å². The topological polar surface area (TPSA) is 15.3 Å². The standard InChI is InChI=1S/C14H18Cl2N2S/c1-4-18(9-10(2)3)14(19)17-8-11-5-6-12(15)7-13(11)16/h5-7H,2,4,8-9H2,1,3H3,(H,17,19). The van der Waals surface area contributed by atoms with E-state index in [2.05, 4.69) is 23.7 Å². The van der Waals surface area contributed by atoms with E-state index in [1.807, 2.05) is 19.1 Å². The third kappa shape index (κ3) is 5.39. The molecule has 0 bridgehead atoms. The number of thiocarbonyl (C=S) groups is 1. The van der Waals surface area contributed by atoms with E-state index in [1.54, 1.807) is 6.07 Å². The van der Waals surface area contributed by atoms with Gasteiger partial charge in [0.05, 0.1) is 0 Å². The van der Waals surface area contributed by atoms with Gasteiger partial charge in [0.1, 0.15) is 0 Å². The van der Waals surface area contributed by atoms with Crippen LogP contribution < -0.4 is 5.32 Å². The molecule has 0 unspecified atom stereocenters. The van der Waals surface area contributed by atoms with Gasteiger partial charge in [0.15, 0.2) is 5.11 Å². The fraction of sp³-hybridized carbons (Fsp3) is 0.357. The van der Waals surface area contributed by atoms with Gasteiger partial charge in [0, 0.05) is 29.7 Å². The smallest absolute Gasteiger partial charge is 0.169 e. The zero-order valence-electron chi connectivity index (χ0n) is 11.2. The van der Waals surface area contributed by atoms with Gasteiger partial charge in [-0.1, -0.05) is 41.4 Å². The maximum Gasteiger partial charge on any atom is 0.169 e. The molecule has 0 radical (unpaired) electrons. The van der Waals surface area contributed by atoms with Crippen molar-refractivity contribution in [3.05, 3.63) is 46.0 Å². The molecule has 1 N–H and O–H groups in total. The van der Waals surface area contributed by atoms with E-state index in [0.29, 0.717) is 21.7 Å². The van der Waals surface area contributed by atoms with Crippen molar-refractivity contribution in [2.45, 2.75) is 20.4 Å². The SMILES string of the molecule is C=C(C)CN(CC)C(=S)NCc1ccc(Cl)cc1Cl. The van der Waals surface area contributed by atoms with Crippen molar-refractivity contribution >= 4 is 40.5 Å². The third-order valence-electron chi connectivity index (χ3n) is 2.57. The number of benzene rings is 1. The number of hydrogen-bond acceptors (Lipinski definition) is 1. The van der Waals surface area contributed by atoms with Crippen LogP contribution in [0.25, 0.3) is 0 Å². The Bertz CT molecular complexity index is 475. The first-order chi connectivity index (χ1) is 8.93. The number of nitrogens with one attached hydrogen (secondary N) is 1. The lowest BCUT2D eigenvalue weighted by Crippen LogP contribution is -2.40. The minimum Gasteiger partial charge on any atom is -0.358 e. The fourth-order valence-corrected chi connectivity index (χ4v) is 2.34. The summed E-state index contributed by atoms with van der Waals surface area (Å²) in [5, 5.41) is 5.19. The highest BCUT2D eigenvalue weighted by molar-refractivity contribution is 7.80. The lowest BCUT2D eigenvalue weighted by Gasteiger charge is -2.24. The van der Waals surface area contributed by atoms with Crippen LogP contribution >= 0.6 is 35.4 Å². The molecule has 0 fully saturated rings. The van der Waals surface area contributed by atoms with Crippen molar-refractivity contribution in [2.24, 2.45) is 0 Å². The van der Waals surface area contributed by atoms with Gasteiger partial charge in [-0.25, -0.2) is 0 Å². The molecule has 0 amide bonds. The van der Waals surface area contributed by atoms with E-state index in [-0.39, 0.29) is 0 Å². The van der Waals surface area contributed by atoms with Crippen LogP contribution in [-0.4, -0.2) is 23.1 Å². The predicted molar refractivity (Wildman–Crippen MR) is 88.0 cm³/mol. The molecule has 1 aromatic carbocycles. The first-order valence-electron chi connectivity index (χ1n) is 6.05. The first-order valence-corrected chi connectivity index (χ1v) is 7.21. The summed E-state index contributed by atoms with van der Waals surface area (Å²) in [5.74, 6) is 0. The molecule has 0 heterocycles. The van der Waals surface area contributed by atoms with Gasteiger partial charge in [-0.05, 0) is 43.8 Å². The summed E-state index contributed by atoms with van der Waals surface area (Å²) in [6, 6.07) is 5.45. The maximum atomic E-state index is 6.12. The molecule has 0 saturated carbocycles. The molecular weight excluding hydrogens is 299 g/mol. The second kappa shape index (κ2) is 7.73. The third-order valence-corrected chi connectivity index (χ3v) is 3.56. The van der Waals surface area contributed by atoms with E-state index in [9.17, 15) is 0 Å². The van der Waals surface area contributed by atoms with Gasteiger partial charge in [0.2, 0.25) is 0 Å². The van der Waals surface area contributed by atoms with Crippen LogP contribution in [0.5, 0.6) is 0 Å². The normalized spacial score (nSPS) is 10.1. The summed E-state index contributed by atoms with van der Waals surface area (Å²) in [5.41, 5.74) is 2.05. The van der Waals surface area contributed by atoms with E-state index in [0.717, 1.165) is 24.2 Å². The van der Waals surface area contributed by atoms with Crippen LogP contribution in [0.15, 0.2) is 30.4 Å². The number of halogens is 2. The second-order valence-electron chi connectivity index (χ2n) is 4.37. The number of rotatable bonds is 5. The van der Waals surface area contributed by atoms with Crippen molar-refractivity contribution in [3.8, 4) is 0 Å². The minimum atomic E-state index is 0.585. The van der Waals surface area contributed by atoms with Crippen LogP contribution in [0.4, 0.5) is 0 Å². The van der Waals surface area contributed by atoms with E-state index < -0.39 is 0 Å². The highest BCUT2D eigenvalue weighted by Crippen LogP contribution is 2.20. The largest absolute Gasteiger partial charge is 0.358 e. The van der Waals surface area contributed by atoms with Gasteiger partial charge < -0.3 is 10.2 Å². The van der Waals surface area contributed by atoms with Crippen LogP contribution in [0, 0.1) is 0 Å². The Morgan fingerprint density at radius 3 is 2.63 bits per heavy atom. The van der Waals surface area contributed by atoms with Gasteiger partial charge in [-0.3, -0.25) is 0 Å². The fourth-order valence-electron chi connectivity index (χ4n) is 1.60. The van der Waals surface area contributed by atoms with Crippen molar-refractivity contribution in [3.63, 3.8) is 0 Å². The number of nitrogens with zero attached hydrogens (tertiary/aromatic N) is 1. The highest BCUT2D eigenvalue weighted by Gasteiger charge is 2.08. The van der Waals surface area contributed by atoms with Crippen molar-refractivity contribution < 1.29 is 0 Å². The van der Waals surface area contributed by atoms with Gasteiger partial charge in [0.25, 0.3) is 0 Å². The molecule has 0 aliphatic heterocycles. The molecule has 2 nitrogen and oxygen atoms in total. The monoisotopic (exact) mass is 316 g/mol. The van der Waals surface area contributed by atoms with Crippen molar-refractivity contribution in [1.82, 2.24) is 10.2 Å². The average Bonchev–Trinajstić information content (AvgIpc) is 2.34. The summed E-state index contributed by atoms with van der Waals surface area (Å²) in [7, 11) is 0. The molecule has 0 aliphatic carbocycles. The predicted octanol–water partition coefficient (Wildman–Crippen LogP) is 4.27. The molecule has 19 heavy (non-hydrogen) atoms. The Morgan fingerprint density at radius 2 is 2.11 bits per heavy atom. The Morgan fingerprint density at radius 1 is 1.42 bits per heavy atom. The Hall–Kier alpha value is -0.770. The van der Waals surface area contributed by atoms with E-state index >= 15 is 0 Å². The quantitative estimate of drug-likeness (QED) is 0.645. The van der Waals surface area contributed by atoms with Crippen molar-refractivity contribution in [2.75, 3.05) is 13.1 Å². The molecule has 1 aromatic rings. The maximum absolute atomic E-state index is 6.12. The average molecular weight is 317 g/mol. The Kier molecular flexibility index (Phi) is 6.63. The minimum absolute atomic E-state index is 0.585. The van der Waals surface area contributed by atoms with Gasteiger partial charge in [-0.15, -0.1) is 0 Å². The highest BCUT2D eigenvalue weighted by atomic mass is 35.5. The molecular formula is C14H18Cl2N2S. The molecule has 0 aromatic heterocycles. The summed E-state index contributed by atoms with van der Waals surface area (Å²) < 4.78 is 0. The summed E-state index contributed by atoms with van der Waals surface area (Å²) >= 11 is 17.3. The summed E-state index contributed by atoms with van der Waals surface area (Å²) in [4.78, 5) is 2.06.